The Labute approximate surface area is 166 Å². The summed E-state index contributed by atoms with van der Waals surface area (Å²) in [5, 5.41) is 18.7. The van der Waals surface area contributed by atoms with Gasteiger partial charge in [-0.1, -0.05) is 23.5 Å². The first-order valence-electron chi connectivity index (χ1n) is 8.63. The van der Waals surface area contributed by atoms with Gasteiger partial charge in [0.2, 0.25) is 10.9 Å². The highest BCUT2D eigenvalue weighted by Crippen LogP contribution is 2.42. The molecule has 144 valence electrons. The number of hydrogen-bond acceptors (Lipinski definition) is 7. The van der Waals surface area contributed by atoms with Crippen LogP contribution in [0.1, 0.15) is 32.7 Å². The van der Waals surface area contributed by atoms with E-state index in [1.165, 1.54) is 40.5 Å². The van der Waals surface area contributed by atoms with Crippen molar-refractivity contribution in [3.05, 3.63) is 80.4 Å². The second kappa shape index (κ2) is 6.21. The maximum atomic E-state index is 13.8. The van der Waals surface area contributed by atoms with Crippen molar-refractivity contribution in [1.29, 1.82) is 0 Å². The number of phenols is 1. The van der Waals surface area contributed by atoms with E-state index in [0.717, 1.165) is 6.07 Å². The van der Waals surface area contributed by atoms with Gasteiger partial charge in [-0.25, -0.2) is 4.39 Å². The van der Waals surface area contributed by atoms with Crippen molar-refractivity contribution in [2.45, 2.75) is 13.0 Å². The number of anilines is 1. The van der Waals surface area contributed by atoms with Gasteiger partial charge in [0.15, 0.2) is 5.43 Å². The van der Waals surface area contributed by atoms with Crippen molar-refractivity contribution >= 4 is 33.3 Å². The molecule has 0 radical (unpaired) electrons. The summed E-state index contributed by atoms with van der Waals surface area (Å²) < 4.78 is 19.5. The van der Waals surface area contributed by atoms with Gasteiger partial charge >= 0.3 is 0 Å². The molecule has 0 fully saturated rings. The topological polar surface area (TPSA) is 96.5 Å². The SMILES string of the molecule is Cc1nnc(N2C(=O)c3oc4ccc(F)cc4c(=O)c3C2c2ccc(O)cc2)s1. The molecule has 1 unspecified atom stereocenters. The number of phenolic OH excluding ortho intramolecular Hbond substituents is 1. The van der Waals surface area contributed by atoms with Crippen LogP contribution >= 0.6 is 11.3 Å². The number of hydrogen-bond donors (Lipinski definition) is 1. The Kier molecular flexibility index (Phi) is 3.75. The highest BCUT2D eigenvalue weighted by Gasteiger charge is 2.45. The van der Waals surface area contributed by atoms with Crippen molar-refractivity contribution in [3.8, 4) is 5.75 Å². The van der Waals surface area contributed by atoms with Crippen LogP contribution in [0.15, 0.2) is 51.7 Å². The third-order valence-corrected chi connectivity index (χ3v) is 5.60. The highest BCUT2D eigenvalue weighted by molar-refractivity contribution is 7.15. The van der Waals surface area contributed by atoms with E-state index in [4.69, 9.17) is 4.42 Å². The second-order valence-electron chi connectivity index (χ2n) is 6.59. The molecule has 0 spiro atoms. The molecule has 7 nitrogen and oxygen atoms in total. The van der Waals surface area contributed by atoms with Crippen molar-refractivity contribution < 1.29 is 18.7 Å². The molecule has 1 N–H and O–H groups in total. The molecule has 2 aromatic carbocycles. The van der Waals surface area contributed by atoms with E-state index in [9.17, 15) is 19.1 Å². The van der Waals surface area contributed by atoms with Crippen LogP contribution in [0.3, 0.4) is 0 Å². The summed E-state index contributed by atoms with van der Waals surface area (Å²) in [4.78, 5) is 27.8. The summed E-state index contributed by atoms with van der Waals surface area (Å²) in [6.07, 6.45) is 0. The van der Waals surface area contributed by atoms with Gasteiger partial charge in [-0.05, 0) is 42.8 Å². The molecule has 0 saturated carbocycles. The van der Waals surface area contributed by atoms with Crippen molar-refractivity contribution in [2.75, 3.05) is 4.90 Å². The van der Waals surface area contributed by atoms with Crippen LogP contribution in [0.2, 0.25) is 0 Å². The van der Waals surface area contributed by atoms with Gasteiger partial charge in [-0.3, -0.25) is 14.5 Å². The van der Waals surface area contributed by atoms with Crippen LogP contribution in [0.4, 0.5) is 9.52 Å². The number of fused-ring (bicyclic) bond motifs is 2. The molecule has 1 amide bonds. The Hall–Kier alpha value is -3.59. The predicted octanol–water partition coefficient (Wildman–Crippen LogP) is 3.55. The minimum atomic E-state index is -0.839. The van der Waals surface area contributed by atoms with Crippen LogP contribution in [-0.4, -0.2) is 21.2 Å². The first-order valence-corrected chi connectivity index (χ1v) is 9.44. The number of aromatic hydroxyl groups is 1. The number of carbonyl (C=O) groups is 1. The second-order valence-corrected chi connectivity index (χ2v) is 7.75. The first-order chi connectivity index (χ1) is 13.9. The summed E-state index contributed by atoms with van der Waals surface area (Å²) in [7, 11) is 0. The molecule has 1 aliphatic heterocycles. The molecule has 0 aliphatic carbocycles. The Morgan fingerprint density at radius 1 is 1.14 bits per heavy atom. The third-order valence-electron chi connectivity index (χ3n) is 4.76. The average molecular weight is 409 g/mol. The van der Waals surface area contributed by atoms with Gasteiger partial charge in [0, 0.05) is 0 Å². The van der Waals surface area contributed by atoms with Gasteiger partial charge in [-0.15, -0.1) is 10.2 Å². The summed E-state index contributed by atoms with van der Waals surface area (Å²) in [5.74, 6) is -1.17. The highest BCUT2D eigenvalue weighted by atomic mass is 32.1. The Morgan fingerprint density at radius 3 is 2.59 bits per heavy atom. The van der Waals surface area contributed by atoms with Crippen LogP contribution in [0.25, 0.3) is 11.0 Å². The Balaban J connectivity index is 1.83. The third kappa shape index (κ3) is 2.62. The smallest absolute Gasteiger partial charge is 0.297 e. The molecule has 1 aliphatic rings. The number of benzene rings is 2. The Morgan fingerprint density at radius 2 is 1.90 bits per heavy atom. The number of carbonyl (C=O) groups excluding carboxylic acids is 1. The molecular formula is C20H12FN3O4S. The van der Waals surface area contributed by atoms with Gasteiger partial charge < -0.3 is 9.52 Å². The molecule has 9 heteroatoms. The monoisotopic (exact) mass is 409 g/mol. The lowest BCUT2D eigenvalue weighted by Gasteiger charge is -2.22. The van der Waals surface area contributed by atoms with E-state index in [0.29, 0.717) is 15.7 Å². The van der Waals surface area contributed by atoms with Crippen molar-refractivity contribution in [1.82, 2.24) is 10.2 Å². The van der Waals surface area contributed by atoms with Crippen LogP contribution < -0.4 is 10.3 Å². The molecule has 1 atom stereocenters. The molecule has 0 saturated heterocycles. The number of aromatic nitrogens is 2. The summed E-state index contributed by atoms with van der Waals surface area (Å²) in [6.45, 7) is 1.75. The van der Waals surface area contributed by atoms with E-state index in [1.54, 1.807) is 19.1 Å². The van der Waals surface area contributed by atoms with Crippen LogP contribution in [0.5, 0.6) is 5.75 Å². The largest absolute Gasteiger partial charge is 0.508 e. The minimum absolute atomic E-state index is 0.0456. The quantitative estimate of drug-likeness (QED) is 0.544. The van der Waals surface area contributed by atoms with E-state index in [-0.39, 0.29) is 28.0 Å². The predicted molar refractivity (Wildman–Crippen MR) is 104 cm³/mol. The molecule has 0 bridgehead atoms. The van der Waals surface area contributed by atoms with Gasteiger partial charge in [0.1, 0.15) is 22.2 Å². The number of rotatable bonds is 2. The molecule has 5 rings (SSSR count). The molecule has 2 aromatic heterocycles. The Bertz CT molecular complexity index is 1350. The fourth-order valence-electron chi connectivity index (χ4n) is 3.50. The molecule has 29 heavy (non-hydrogen) atoms. The van der Waals surface area contributed by atoms with Gasteiger partial charge in [0.25, 0.3) is 5.91 Å². The average Bonchev–Trinajstić information content (AvgIpc) is 3.25. The van der Waals surface area contributed by atoms with E-state index in [2.05, 4.69) is 10.2 Å². The molecular weight excluding hydrogens is 397 g/mol. The van der Waals surface area contributed by atoms with Crippen molar-refractivity contribution in [3.63, 3.8) is 0 Å². The number of amides is 1. The normalized spacial score (nSPS) is 15.9. The maximum absolute atomic E-state index is 13.8. The fraction of sp³-hybridized carbons (Fsp3) is 0.100. The zero-order chi connectivity index (χ0) is 20.3. The number of aryl methyl sites for hydroxylation is 1. The fourth-order valence-corrected chi connectivity index (χ4v) is 4.21. The van der Waals surface area contributed by atoms with E-state index < -0.39 is 23.2 Å². The van der Waals surface area contributed by atoms with Crippen LogP contribution in [0, 0.1) is 12.7 Å². The summed E-state index contributed by atoms with van der Waals surface area (Å²) >= 11 is 1.20. The minimum Gasteiger partial charge on any atom is -0.508 e. The first kappa shape index (κ1) is 17.5. The van der Waals surface area contributed by atoms with E-state index >= 15 is 0 Å². The maximum Gasteiger partial charge on any atom is 0.297 e. The number of halogens is 1. The zero-order valence-electron chi connectivity index (χ0n) is 14.9. The lowest BCUT2D eigenvalue weighted by Crippen LogP contribution is -2.29. The summed E-state index contributed by atoms with van der Waals surface area (Å²) in [5.41, 5.74) is 0.316. The standard InChI is InChI=1S/C20H12FN3O4S/c1-9-22-23-20(29-9)24-16(10-2-5-12(25)6-3-10)15-17(26)13-8-11(21)4-7-14(13)28-18(15)19(24)27/h2-8,16,25H,1H3. The van der Waals surface area contributed by atoms with Crippen molar-refractivity contribution in [2.24, 2.45) is 0 Å². The summed E-state index contributed by atoms with van der Waals surface area (Å²) in [6, 6.07) is 8.89. The van der Waals surface area contributed by atoms with E-state index in [1.807, 2.05) is 0 Å². The van der Waals surface area contributed by atoms with Gasteiger partial charge in [-0.2, -0.15) is 0 Å². The number of nitrogens with zero attached hydrogens (tertiary/aromatic N) is 3. The zero-order valence-corrected chi connectivity index (χ0v) is 15.7. The molecule has 3 heterocycles. The lowest BCUT2D eigenvalue weighted by atomic mass is 9.98. The lowest BCUT2D eigenvalue weighted by molar-refractivity contribution is 0.0970. The molecule has 4 aromatic rings. The van der Waals surface area contributed by atoms with Crippen LogP contribution in [-0.2, 0) is 0 Å². The van der Waals surface area contributed by atoms with Gasteiger partial charge in [0.05, 0.1) is 17.0 Å².